The molecule has 1 rings (SSSR count). The van der Waals surface area contributed by atoms with Crippen LogP contribution in [-0.4, -0.2) is 56.1 Å². The third-order valence-corrected chi connectivity index (χ3v) is 1.84. The number of hydrogen-bond donors (Lipinski definition) is 3. The van der Waals surface area contributed by atoms with Crippen LogP contribution in [0.15, 0.2) is 0 Å². The summed E-state index contributed by atoms with van der Waals surface area (Å²) in [6.45, 7) is 3.38. The van der Waals surface area contributed by atoms with Crippen molar-refractivity contribution in [2.24, 2.45) is 0 Å². The molecule has 0 radical (unpaired) electrons. The van der Waals surface area contributed by atoms with Gasteiger partial charge in [-0.3, -0.25) is 0 Å². The summed E-state index contributed by atoms with van der Waals surface area (Å²) in [5, 5.41) is 17.3. The predicted molar refractivity (Wildman–Crippen MR) is 40.6 cm³/mol. The fourth-order valence-corrected chi connectivity index (χ4v) is 1.07. The lowest BCUT2D eigenvalue weighted by molar-refractivity contribution is -0.928. The smallest absolute Gasteiger partial charge is 0.184 e. The zero-order chi connectivity index (χ0) is 8.81. The average molecular weight is 178 g/mol. The molecule has 1 fully saturated rings. The van der Waals surface area contributed by atoms with Crippen LogP contribution < -0.4 is 4.90 Å². The lowest BCUT2D eigenvalue weighted by Gasteiger charge is -2.24. The van der Waals surface area contributed by atoms with E-state index in [0.717, 1.165) is 26.3 Å². The van der Waals surface area contributed by atoms with Crippen molar-refractivity contribution < 1.29 is 24.6 Å². The molecule has 0 saturated carbocycles. The summed E-state index contributed by atoms with van der Waals surface area (Å²) in [6.07, 6.45) is -1.04. The molecule has 0 aromatic carbocycles. The van der Waals surface area contributed by atoms with Crippen LogP contribution in [0, 0.1) is 0 Å². The van der Waals surface area contributed by atoms with Gasteiger partial charge in [-0.05, 0) is 0 Å². The maximum Gasteiger partial charge on any atom is 0.184 e. The molecule has 0 aromatic heterocycles. The molecular formula is C7H16NO4+. The second-order valence-corrected chi connectivity index (χ2v) is 2.81. The summed E-state index contributed by atoms with van der Waals surface area (Å²) in [5.41, 5.74) is 0. The van der Waals surface area contributed by atoms with Crippen LogP contribution in [0.4, 0.5) is 0 Å². The minimum absolute atomic E-state index is 0.343. The van der Waals surface area contributed by atoms with Crippen LogP contribution in [0.25, 0.3) is 0 Å². The van der Waals surface area contributed by atoms with Crippen LogP contribution in [0.3, 0.4) is 0 Å². The van der Waals surface area contributed by atoms with Crippen molar-refractivity contribution in [3.05, 3.63) is 0 Å². The molecule has 1 saturated heterocycles. The number of nitrogens with one attached hydrogen (secondary N) is 1. The minimum atomic E-state index is -1.04. The van der Waals surface area contributed by atoms with E-state index in [1.54, 1.807) is 0 Å². The first-order valence-corrected chi connectivity index (χ1v) is 4.15. The molecule has 72 valence electrons. The first-order valence-electron chi connectivity index (χ1n) is 4.15. The first kappa shape index (κ1) is 9.88. The SMILES string of the molecule is OCC(O)OC[NH+]1CCOCC1. The largest absolute Gasteiger partial charge is 0.391 e. The fraction of sp³-hybridized carbons (Fsp3) is 1.00. The Morgan fingerprint density at radius 3 is 2.67 bits per heavy atom. The molecule has 3 N–H and O–H groups in total. The van der Waals surface area contributed by atoms with E-state index in [4.69, 9.17) is 19.7 Å². The van der Waals surface area contributed by atoms with Gasteiger partial charge in [-0.2, -0.15) is 0 Å². The van der Waals surface area contributed by atoms with Gasteiger partial charge in [0, 0.05) is 0 Å². The van der Waals surface area contributed by atoms with Crippen molar-refractivity contribution in [2.75, 3.05) is 39.6 Å². The van der Waals surface area contributed by atoms with Crippen LogP contribution in [0.2, 0.25) is 0 Å². The summed E-state index contributed by atoms with van der Waals surface area (Å²) in [6, 6.07) is 0. The highest BCUT2D eigenvalue weighted by atomic mass is 16.6. The molecule has 0 bridgehead atoms. The van der Waals surface area contributed by atoms with Gasteiger partial charge in [0.05, 0.1) is 19.8 Å². The Labute approximate surface area is 71.5 Å². The van der Waals surface area contributed by atoms with E-state index in [9.17, 15) is 0 Å². The summed E-state index contributed by atoms with van der Waals surface area (Å²) >= 11 is 0. The van der Waals surface area contributed by atoms with Gasteiger partial charge >= 0.3 is 0 Å². The molecule has 1 unspecified atom stereocenters. The quantitative estimate of drug-likeness (QED) is 0.407. The maximum absolute atomic E-state index is 8.87. The summed E-state index contributed by atoms with van der Waals surface area (Å²) in [7, 11) is 0. The van der Waals surface area contributed by atoms with E-state index in [-0.39, 0.29) is 6.61 Å². The molecule has 1 atom stereocenters. The van der Waals surface area contributed by atoms with Gasteiger partial charge in [0.1, 0.15) is 13.1 Å². The Morgan fingerprint density at radius 1 is 1.42 bits per heavy atom. The highest BCUT2D eigenvalue weighted by Gasteiger charge is 2.14. The molecule has 0 aromatic rings. The van der Waals surface area contributed by atoms with Crippen molar-refractivity contribution in [2.45, 2.75) is 6.29 Å². The molecule has 1 aliphatic rings. The first-order chi connectivity index (χ1) is 5.83. The average Bonchev–Trinajstić information content (AvgIpc) is 2.16. The highest BCUT2D eigenvalue weighted by molar-refractivity contribution is 4.37. The lowest BCUT2D eigenvalue weighted by atomic mass is 10.5. The fourth-order valence-electron chi connectivity index (χ4n) is 1.07. The standard InChI is InChI=1S/C7H15NO4/c9-5-7(10)12-6-8-1-3-11-4-2-8/h7,9-10H,1-6H2/p+1. The van der Waals surface area contributed by atoms with Gasteiger partial charge < -0.3 is 24.6 Å². The van der Waals surface area contributed by atoms with E-state index in [2.05, 4.69) is 0 Å². The Balaban J connectivity index is 2.05. The molecule has 0 spiro atoms. The van der Waals surface area contributed by atoms with Gasteiger partial charge in [0.2, 0.25) is 0 Å². The van der Waals surface area contributed by atoms with Crippen molar-refractivity contribution in [3.8, 4) is 0 Å². The second-order valence-electron chi connectivity index (χ2n) is 2.81. The van der Waals surface area contributed by atoms with E-state index >= 15 is 0 Å². The van der Waals surface area contributed by atoms with Crippen molar-refractivity contribution >= 4 is 0 Å². The van der Waals surface area contributed by atoms with E-state index in [0.29, 0.717) is 6.73 Å². The molecule has 5 heteroatoms. The van der Waals surface area contributed by atoms with E-state index < -0.39 is 6.29 Å². The Kier molecular flexibility index (Phi) is 4.49. The van der Waals surface area contributed by atoms with Gasteiger partial charge in [0.15, 0.2) is 13.0 Å². The van der Waals surface area contributed by atoms with E-state index in [1.807, 2.05) is 0 Å². The number of rotatable bonds is 4. The number of hydrogen-bond acceptors (Lipinski definition) is 4. The maximum atomic E-state index is 8.87. The Morgan fingerprint density at radius 2 is 2.08 bits per heavy atom. The lowest BCUT2D eigenvalue weighted by Crippen LogP contribution is -3.14. The molecule has 5 nitrogen and oxygen atoms in total. The zero-order valence-corrected chi connectivity index (χ0v) is 7.03. The normalized spacial score (nSPS) is 22.5. The monoisotopic (exact) mass is 178 g/mol. The molecular weight excluding hydrogens is 162 g/mol. The van der Waals surface area contributed by atoms with Crippen LogP contribution in [0.5, 0.6) is 0 Å². The second kappa shape index (κ2) is 5.45. The molecule has 0 amide bonds. The van der Waals surface area contributed by atoms with Gasteiger partial charge in [-0.25, -0.2) is 0 Å². The zero-order valence-electron chi connectivity index (χ0n) is 7.03. The molecule has 1 heterocycles. The van der Waals surface area contributed by atoms with Crippen LogP contribution in [0.1, 0.15) is 0 Å². The summed E-state index contributed by atoms with van der Waals surface area (Å²) in [5.74, 6) is 0. The number of quaternary nitrogens is 1. The van der Waals surface area contributed by atoms with Crippen molar-refractivity contribution in [3.63, 3.8) is 0 Å². The van der Waals surface area contributed by atoms with Crippen LogP contribution in [-0.2, 0) is 9.47 Å². The van der Waals surface area contributed by atoms with Crippen molar-refractivity contribution in [1.29, 1.82) is 0 Å². The number of ether oxygens (including phenoxy) is 2. The topological polar surface area (TPSA) is 63.4 Å². The Hall–Kier alpha value is -0.200. The van der Waals surface area contributed by atoms with Crippen LogP contribution >= 0.6 is 0 Å². The molecule has 12 heavy (non-hydrogen) atoms. The number of aliphatic hydroxyl groups is 2. The van der Waals surface area contributed by atoms with Gasteiger partial charge in [0.25, 0.3) is 0 Å². The predicted octanol–water partition coefficient (Wildman–Crippen LogP) is -2.81. The number of morpholine rings is 1. The summed E-state index contributed by atoms with van der Waals surface area (Å²) < 4.78 is 10.1. The molecule has 1 aliphatic heterocycles. The minimum Gasteiger partial charge on any atom is -0.391 e. The Bertz CT molecular complexity index is 116. The van der Waals surface area contributed by atoms with E-state index in [1.165, 1.54) is 4.90 Å². The number of aliphatic hydroxyl groups excluding tert-OH is 2. The summed E-state index contributed by atoms with van der Waals surface area (Å²) in [4.78, 5) is 1.24. The van der Waals surface area contributed by atoms with Crippen molar-refractivity contribution in [1.82, 2.24) is 0 Å². The van der Waals surface area contributed by atoms with Gasteiger partial charge in [-0.1, -0.05) is 0 Å². The van der Waals surface area contributed by atoms with Gasteiger partial charge in [-0.15, -0.1) is 0 Å². The third-order valence-electron chi connectivity index (χ3n) is 1.84. The molecule has 0 aliphatic carbocycles. The highest BCUT2D eigenvalue weighted by Crippen LogP contribution is 1.81. The third kappa shape index (κ3) is 3.46.